The predicted octanol–water partition coefficient (Wildman–Crippen LogP) is 4.53. The molecule has 0 fully saturated rings. The van der Waals surface area contributed by atoms with Crippen LogP contribution in [0.2, 0.25) is 0 Å². The third-order valence-electron chi connectivity index (χ3n) is 4.54. The topological polar surface area (TPSA) is 50.4 Å². The number of anilines is 1. The van der Waals surface area contributed by atoms with Crippen LogP contribution >= 0.6 is 0 Å². The van der Waals surface area contributed by atoms with Gasteiger partial charge in [0.2, 0.25) is 0 Å². The van der Waals surface area contributed by atoms with E-state index in [4.69, 9.17) is 4.74 Å². The maximum atomic E-state index is 11.8. The van der Waals surface area contributed by atoms with Gasteiger partial charge in [-0.2, -0.15) is 0 Å². The fourth-order valence-electron chi connectivity index (χ4n) is 3.10. The Morgan fingerprint density at radius 3 is 3.08 bits per heavy atom. The number of para-hydroxylation sites is 1. The molecule has 1 unspecified atom stereocenters. The summed E-state index contributed by atoms with van der Waals surface area (Å²) in [5, 5.41) is 6.31. The summed E-state index contributed by atoms with van der Waals surface area (Å²) in [5.74, 6) is 0. The van der Waals surface area contributed by atoms with Crippen LogP contribution in [0.25, 0.3) is 0 Å². The number of amides is 1. The molecule has 4 heteroatoms. The van der Waals surface area contributed by atoms with E-state index in [2.05, 4.69) is 53.1 Å². The molecule has 0 saturated carbocycles. The number of aryl methyl sites for hydroxylation is 1. The minimum absolute atomic E-state index is 0.247. The molecule has 1 aliphatic heterocycles. The van der Waals surface area contributed by atoms with Crippen molar-refractivity contribution in [1.29, 1.82) is 0 Å². The van der Waals surface area contributed by atoms with Crippen molar-refractivity contribution in [1.82, 2.24) is 5.32 Å². The lowest BCUT2D eigenvalue weighted by Crippen LogP contribution is -2.38. The summed E-state index contributed by atoms with van der Waals surface area (Å²) >= 11 is 0. The summed E-state index contributed by atoms with van der Waals surface area (Å²) in [6.45, 7) is 0.870. The number of carbonyl (C=O) groups is 1. The maximum absolute atomic E-state index is 11.8. The number of nitrogens with one attached hydrogen (secondary N) is 2. The highest BCUT2D eigenvalue weighted by Crippen LogP contribution is 2.23. The molecular formula is C22H26N2O2. The van der Waals surface area contributed by atoms with Gasteiger partial charge in [0, 0.05) is 18.3 Å². The largest absolute Gasteiger partial charge is 0.445 e. The van der Waals surface area contributed by atoms with Crippen LogP contribution in [0.3, 0.4) is 0 Å². The van der Waals surface area contributed by atoms with E-state index < -0.39 is 0 Å². The smallest absolute Gasteiger partial charge is 0.407 e. The Balaban J connectivity index is 1.29. The molecular weight excluding hydrogens is 324 g/mol. The summed E-state index contributed by atoms with van der Waals surface area (Å²) in [6, 6.07) is 8.56. The summed E-state index contributed by atoms with van der Waals surface area (Å²) in [4.78, 5) is 11.8. The molecule has 0 spiro atoms. The predicted molar refractivity (Wildman–Crippen MR) is 106 cm³/mol. The van der Waals surface area contributed by atoms with Crippen molar-refractivity contribution in [2.75, 3.05) is 18.5 Å². The second-order valence-electron chi connectivity index (χ2n) is 6.49. The van der Waals surface area contributed by atoms with Crippen LogP contribution < -0.4 is 10.6 Å². The molecule has 0 aromatic heterocycles. The summed E-state index contributed by atoms with van der Waals surface area (Å²) in [6.07, 6.45) is 18.0. The number of benzene rings is 1. The Morgan fingerprint density at radius 2 is 2.19 bits per heavy atom. The number of allylic oxidation sites excluding steroid dienone is 7. The molecule has 0 bridgehead atoms. The van der Waals surface area contributed by atoms with E-state index in [9.17, 15) is 4.79 Å². The van der Waals surface area contributed by atoms with E-state index in [1.54, 1.807) is 0 Å². The highest BCUT2D eigenvalue weighted by atomic mass is 16.5. The van der Waals surface area contributed by atoms with Crippen LogP contribution in [0, 0.1) is 0 Å². The third kappa shape index (κ3) is 5.66. The number of hydrogen-bond acceptors (Lipinski definition) is 3. The van der Waals surface area contributed by atoms with E-state index in [1.165, 1.54) is 16.8 Å². The molecule has 2 aliphatic rings. The first kappa shape index (κ1) is 18.1. The zero-order valence-electron chi connectivity index (χ0n) is 15.0. The van der Waals surface area contributed by atoms with Gasteiger partial charge in [-0.1, -0.05) is 60.7 Å². The van der Waals surface area contributed by atoms with E-state index >= 15 is 0 Å². The van der Waals surface area contributed by atoms with Crippen LogP contribution in [0.5, 0.6) is 0 Å². The van der Waals surface area contributed by atoms with Crippen molar-refractivity contribution >= 4 is 11.8 Å². The molecule has 1 atom stereocenters. The highest BCUT2D eigenvalue weighted by molar-refractivity contribution is 5.67. The summed E-state index contributed by atoms with van der Waals surface area (Å²) in [5.41, 5.74) is 3.82. The van der Waals surface area contributed by atoms with Crippen LogP contribution in [0.15, 0.2) is 72.4 Å². The Kier molecular flexibility index (Phi) is 6.71. The molecule has 26 heavy (non-hydrogen) atoms. The third-order valence-corrected chi connectivity index (χ3v) is 4.54. The fraction of sp³-hybridized carbons (Fsp3) is 0.318. The average molecular weight is 350 g/mol. The van der Waals surface area contributed by atoms with Crippen molar-refractivity contribution in [3.05, 3.63) is 77.9 Å². The lowest BCUT2D eigenvalue weighted by atomic mass is 9.98. The van der Waals surface area contributed by atoms with Crippen molar-refractivity contribution in [3.63, 3.8) is 0 Å². The van der Waals surface area contributed by atoms with Gasteiger partial charge in [0.1, 0.15) is 6.61 Å². The first-order valence-corrected chi connectivity index (χ1v) is 9.23. The van der Waals surface area contributed by atoms with Crippen molar-refractivity contribution in [2.24, 2.45) is 0 Å². The Morgan fingerprint density at radius 1 is 1.27 bits per heavy atom. The molecule has 1 heterocycles. The second kappa shape index (κ2) is 9.66. The SMILES string of the molecule is O=C(NCC1CCc2ccccc2N1)OC/C=C\C/C=C1/C=CC=CC1. The lowest BCUT2D eigenvalue weighted by Gasteiger charge is -2.27. The number of hydrogen-bond donors (Lipinski definition) is 2. The van der Waals surface area contributed by atoms with Gasteiger partial charge in [-0.25, -0.2) is 4.79 Å². The van der Waals surface area contributed by atoms with Gasteiger partial charge >= 0.3 is 6.09 Å². The number of alkyl carbamates (subject to hydrolysis) is 1. The quantitative estimate of drug-likeness (QED) is 0.741. The van der Waals surface area contributed by atoms with Crippen LogP contribution in [-0.4, -0.2) is 25.3 Å². The van der Waals surface area contributed by atoms with Crippen LogP contribution in [0.4, 0.5) is 10.5 Å². The second-order valence-corrected chi connectivity index (χ2v) is 6.49. The van der Waals surface area contributed by atoms with E-state index in [0.717, 1.165) is 25.7 Å². The molecule has 1 aliphatic carbocycles. The van der Waals surface area contributed by atoms with Gasteiger partial charge in [-0.05, 0) is 42.9 Å². The molecule has 1 aromatic carbocycles. The first-order chi connectivity index (χ1) is 12.8. The van der Waals surface area contributed by atoms with Crippen molar-refractivity contribution in [3.8, 4) is 0 Å². The first-order valence-electron chi connectivity index (χ1n) is 9.23. The average Bonchev–Trinajstić information content (AvgIpc) is 2.69. The Labute approximate surface area is 155 Å². The van der Waals surface area contributed by atoms with Crippen molar-refractivity contribution < 1.29 is 9.53 Å². The molecule has 2 N–H and O–H groups in total. The van der Waals surface area contributed by atoms with Crippen molar-refractivity contribution in [2.45, 2.75) is 31.7 Å². The standard InChI is InChI=1S/C22H26N2O2/c25-22(26-16-8-2-5-11-18-9-3-1-4-10-18)23-17-20-15-14-19-12-6-7-13-21(19)24-20/h1-4,6-9,11-13,20,24H,5,10,14-17H2,(H,23,25)/b8-2-,18-11-. The molecule has 0 saturated heterocycles. The maximum Gasteiger partial charge on any atom is 0.407 e. The normalized spacial score (nSPS) is 20.0. The van der Waals surface area contributed by atoms with Gasteiger partial charge in [-0.15, -0.1) is 0 Å². The van der Waals surface area contributed by atoms with Crippen LogP contribution in [-0.2, 0) is 11.2 Å². The van der Waals surface area contributed by atoms with Gasteiger partial charge in [-0.3, -0.25) is 0 Å². The number of ether oxygens (including phenoxy) is 1. The molecule has 136 valence electrons. The van der Waals surface area contributed by atoms with Crippen LogP contribution in [0.1, 0.15) is 24.8 Å². The number of carbonyl (C=O) groups excluding carboxylic acids is 1. The van der Waals surface area contributed by atoms with E-state index in [1.807, 2.05) is 24.3 Å². The van der Waals surface area contributed by atoms with Gasteiger partial charge in [0.15, 0.2) is 0 Å². The van der Waals surface area contributed by atoms with Gasteiger partial charge in [0.05, 0.1) is 0 Å². The number of fused-ring (bicyclic) bond motifs is 1. The zero-order chi connectivity index (χ0) is 18.0. The summed E-state index contributed by atoms with van der Waals surface area (Å²) in [7, 11) is 0. The monoisotopic (exact) mass is 350 g/mol. The molecule has 3 rings (SSSR count). The van der Waals surface area contributed by atoms with Gasteiger partial charge < -0.3 is 15.4 Å². The lowest BCUT2D eigenvalue weighted by molar-refractivity contribution is 0.157. The molecule has 1 amide bonds. The molecule has 4 nitrogen and oxygen atoms in total. The number of rotatable bonds is 6. The minimum atomic E-state index is -0.367. The Hall–Kier alpha value is -2.75. The summed E-state index contributed by atoms with van der Waals surface area (Å²) < 4.78 is 5.18. The van der Waals surface area contributed by atoms with E-state index in [0.29, 0.717) is 13.2 Å². The van der Waals surface area contributed by atoms with E-state index in [-0.39, 0.29) is 12.1 Å². The minimum Gasteiger partial charge on any atom is -0.445 e. The zero-order valence-corrected chi connectivity index (χ0v) is 15.0. The molecule has 0 radical (unpaired) electrons. The fourth-order valence-corrected chi connectivity index (χ4v) is 3.10. The highest BCUT2D eigenvalue weighted by Gasteiger charge is 2.17. The van der Waals surface area contributed by atoms with Gasteiger partial charge in [0.25, 0.3) is 0 Å². The molecule has 1 aromatic rings. The Bertz CT molecular complexity index is 731.